The Morgan fingerprint density at radius 1 is 1.22 bits per heavy atom. The van der Waals surface area contributed by atoms with Gasteiger partial charge in [0.05, 0.1) is 18.5 Å². The highest BCUT2D eigenvalue weighted by Gasteiger charge is 2.11. The van der Waals surface area contributed by atoms with E-state index in [1.165, 1.54) is 23.6 Å². The van der Waals surface area contributed by atoms with E-state index in [9.17, 15) is 8.78 Å². The zero-order chi connectivity index (χ0) is 19.1. The molecule has 3 aromatic rings. The van der Waals surface area contributed by atoms with E-state index in [1.54, 1.807) is 0 Å². The van der Waals surface area contributed by atoms with Crippen LogP contribution in [0.4, 0.5) is 13.9 Å². The quantitative estimate of drug-likeness (QED) is 0.306. The van der Waals surface area contributed by atoms with Gasteiger partial charge in [-0.3, -0.25) is 5.43 Å². The second kappa shape index (κ2) is 9.23. The third kappa shape index (κ3) is 5.10. The molecular weight excluding hydrogens is 368 g/mol. The van der Waals surface area contributed by atoms with E-state index < -0.39 is 11.6 Å². The van der Waals surface area contributed by atoms with Gasteiger partial charge in [-0.05, 0) is 18.6 Å². The molecule has 0 saturated heterocycles. The summed E-state index contributed by atoms with van der Waals surface area (Å²) in [4.78, 5) is 4.45. The summed E-state index contributed by atoms with van der Waals surface area (Å²) in [5.41, 5.74) is 5.06. The third-order valence-electron chi connectivity index (χ3n) is 3.72. The van der Waals surface area contributed by atoms with Crippen LogP contribution in [0.15, 0.2) is 52.9 Å². The third-order valence-corrected chi connectivity index (χ3v) is 4.47. The van der Waals surface area contributed by atoms with Gasteiger partial charge in [0.1, 0.15) is 0 Å². The maximum Gasteiger partial charge on any atom is 0.203 e. The fraction of sp³-hybridized carbons (Fsp3) is 0.200. The van der Waals surface area contributed by atoms with Crippen molar-refractivity contribution in [2.45, 2.75) is 19.8 Å². The minimum absolute atomic E-state index is 0.106. The van der Waals surface area contributed by atoms with Crippen LogP contribution in [0.5, 0.6) is 5.75 Å². The van der Waals surface area contributed by atoms with Crippen molar-refractivity contribution in [3.05, 3.63) is 65.0 Å². The molecule has 1 heterocycles. The second-order valence-electron chi connectivity index (χ2n) is 5.79. The molecule has 7 heteroatoms. The van der Waals surface area contributed by atoms with Crippen LogP contribution in [0.2, 0.25) is 0 Å². The molecule has 140 valence electrons. The number of hydrazone groups is 1. The van der Waals surface area contributed by atoms with Crippen molar-refractivity contribution in [1.29, 1.82) is 0 Å². The fourth-order valence-electron chi connectivity index (χ4n) is 2.32. The van der Waals surface area contributed by atoms with Gasteiger partial charge >= 0.3 is 0 Å². The molecular formula is C20H19F2N3OS. The molecule has 0 aliphatic carbocycles. The molecule has 3 rings (SSSR count). The zero-order valence-corrected chi connectivity index (χ0v) is 15.6. The minimum atomic E-state index is -0.983. The molecule has 0 spiro atoms. The Labute approximate surface area is 160 Å². The number of unbranched alkanes of at least 4 members (excludes halogenated alkanes) is 1. The molecule has 0 atom stereocenters. The molecule has 0 saturated carbocycles. The van der Waals surface area contributed by atoms with Crippen LogP contribution in [0.1, 0.15) is 25.3 Å². The van der Waals surface area contributed by atoms with E-state index in [0.717, 1.165) is 30.2 Å². The lowest BCUT2D eigenvalue weighted by Gasteiger charge is -2.08. The molecule has 0 fully saturated rings. The fourth-order valence-corrected chi connectivity index (χ4v) is 2.99. The standard InChI is InChI=1S/C20H19F2N3OS/c1-2-3-9-26-18-11-14(10-16(21)19(18)22)12-23-25-20-24-17(13-27-20)15-7-5-4-6-8-15/h4-8,10-13H,2-3,9H2,1H3,(H,24,25). The highest BCUT2D eigenvalue weighted by Crippen LogP contribution is 2.25. The first-order valence-electron chi connectivity index (χ1n) is 8.59. The molecule has 4 nitrogen and oxygen atoms in total. The Kier molecular flexibility index (Phi) is 6.49. The van der Waals surface area contributed by atoms with Crippen molar-refractivity contribution in [2.24, 2.45) is 5.10 Å². The minimum Gasteiger partial charge on any atom is -0.490 e. The lowest BCUT2D eigenvalue weighted by Crippen LogP contribution is -2.02. The predicted molar refractivity (Wildman–Crippen MR) is 106 cm³/mol. The number of halogens is 2. The van der Waals surface area contributed by atoms with E-state index in [1.807, 2.05) is 42.6 Å². The van der Waals surface area contributed by atoms with Crippen LogP contribution in [0.3, 0.4) is 0 Å². The van der Waals surface area contributed by atoms with Gasteiger partial charge in [-0.1, -0.05) is 43.7 Å². The maximum absolute atomic E-state index is 13.8. The molecule has 0 unspecified atom stereocenters. The highest BCUT2D eigenvalue weighted by atomic mass is 32.1. The average Bonchev–Trinajstić information content (AvgIpc) is 3.15. The van der Waals surface area contributed by atoms with E-state index in [4.69, 9.17) is 4.74 Å². The summed E-state index contributed by atoms with van der Waals surface area (Å²) < 4.78 is 32.8. The van der Waals surface area contributed by atoms with E-state index >= 15 is 0 Å². The lowest BCUT2D eigenvalue weighted by atomic mass is 10.2. The Morgan fingerprint density at radius 3 is 2.81 bits per heavy atom. The largest absolute Gasteiger partial charge is 0.490 e. The van der Waals surface area contributed by atoms with Crippen LogP contribution in [-0.2, 0) is 0 Å². The smallest absolute Gasteiger partial charge is 0.203 e. The molecule has 0 aliphatic heterocycles. The highest BCUT2D eigenvalue weighted by molar-refractivity contribution is 7.14. The molecule has 1 aromatic heterocycles. The molecule has 0 radical (unpaired) electrons. The first-order valence-corrected chi connectivity index (χ1v) is 9.47. The molecule has 1 N–H and O–H groups in total. The number of hydrogen-bond donors (Lipinski definition) is 1. The normalized spacial score (nSPS) is 11.1. The SMILES string of the molecule is CCCCOc1cc(C=NNc2nc(-c3ccccc3)cs2)cc(F)c1F. The van der Waals surface area contributed by atoms with E-state index in [-0.39, 0.29) is 5.75 Å². The first kappa shape index (κ1) is 19.0. The Bertz CT molecular complexity index is 913. The van der Waals surface area contributed by atoms with Gasteiger partial charge in [-0.2, -0.15) is 9.49 Å². The summed E-state index contributed by atoms with van der Waals surface area (Å²) in [6.45, 7) is 2.34. The van der Waals surface area contributed by atoms with Crippen molar-refractivity contribution in [3.8, 4) is 17.0 Å². The number of thiazole rings is 1. The number of nitrogens with one attached hydrogen (secondary N) is 1. The number of anilines is 1. The number of nitrogens with zero attached hydrogens (tertiary/aromatic N) is 2. The summed E-state index contributed by atoms with van der Waals surface area (Å²) in [6.07, 6.45) is 3.08. The summed E-state index contributed by atoms with van der Waals surface area (Å²) in [6, 6.07) is 12.3. The second-order valence-corrected chi connectivity index (χ2v) is 6.65. The van der Waals surface area contributed by atoms with Crippen molar-refractivity contribution in [2.75, 3.05) is 12.0 Å². The summed E-state index contributed by atoms with van der Waals surface area (Å²) >= 11 is 1.41. The summed E-state index contributed by atoms with van der Waals surface area (Å²) in [5, 5.41) is 6.58. The number of rotatable bonds is 8. The predicted octanol–water partition coefficient (Wildman–Crippen LogP) is 5.71. The lowest BCUT2D eigenvalue weighted by molar-refractivity contribution is 0.288. The van der Waals surface area contributed by atoms with E-state index in [2.05, 4.69) is 15.5 Å². The Balaban J connectivity index is 1.67. The van der Waals surface area contributed by atoms with Gasteiger partial charge in [0.15, 0.2) is 11.6 Å². The number of aromatic nitrogens is 1. The van der Waals surface area contributed by atoms with Crippen LogP contribution < -0.4 is 10.2 Å². The number of hydrogen-bond acceptors (Lipinski definition) is 5. The van der Waals surface area contributed by atoms with Crippen LogP contribution in [0.25, 0.3) is 11.3 Å². The van der Waals surface area contributed by atoms with Gasteiger partial charge in [0.25, 0.3) is 0 Å². The molecule has 0 aliphatic rings. The van der Waals surface area contributed by atoms with E-state index in [0.29, 0.717) is 17.3 Å². The number of ether oxygens (including phenoxy) is 1. The average molecular weight is 387 g/mol. The van der Waals surface area contributed by atoms with Gasteiger partial charge in [-0.25, -0.2) is 9.37 Å². The topological polar surface area (TPSA) is 46.5 Å². The molecule has 27 heavy (non-hydrogen) atoms. The van der Waals surface area contributed by atoms with Crippen LogP contribution >= 0.6 is 11.3 Å². The van der Waals surface area contributed by atoms with Crippen LogP contribution in [0, 0.1) is 11.6 Å². The molecule has 0 amide bonds. The molecule has 2 aromatic carbocycles. The van der Waals surface area contributed by atoms with Gasteiger partial charge in [0, 0.05) is 16.5 Å². The maximum atomic E-state index is 13.8. The van der Waals surface area contributed by atoms with Crippen molar-refractivity contribution >= 4 is 22.7 Å². The van der Waals surface area contributed by atoms with Gasteiger partial charge < -0.3 is 4.74 Å². The van der Waals surface area contributed by atoms with Crippen LogP contribution in [-0.4, -0.2) is 17.8 Å². The summed E-state index contributed by atoms with van der Waals surface area (Å²) in [7, 11) is 0. The Hall–Kier alpha value is -2.80. The van der Waals surface area contributed by atoms with Crippen molar-refractivity contribution in [3.63, 3.8) is 0 Å². The van der Waals surface area contributed by atoms with Gasteiger partial charge in [-0.15, -0.1) is 11.3 Å². The Morgan fingerprint density at radius 2 is 2.04 bits per heavy atom. The van der Waals surface area contributed by atoms with Crippen molar-refractivity contribution < 1.29 is 13.5 Å². The summed E-state index contributed by atoms with van der Waals surface area (Å²) in [5.74, 6) is -2.06. The number of benzene rings is 2. The first-order chi connectivity index (χ1) is 13.2. The molecule has 0 bridgehead atoms. The van der Waals surface area contributed by atoms with Crippen molar-refractivity contribution in [1.82, 2.24) is 4.98 Å². The monoisotopic (exact) mass is 387 g/mol. The van der Waals surface area contributed by atoms with Gasteiger partial charge in [0.2, 0.25) is 10.9 Å². The zero-order valence-electron chi connectivity index (χ0n) is 14.8.